The van der Waals surface area contributed by atoms with Crippen molar-refractivity contribution in [2.75, 3.05) is 0 Å². The van der Waals surface area contributed by atoms with E-state index in [-0.39, 0.29) is 0 Å². The van der Waals surface area contributed by atoms with E-state index in [4.69, 9.17) is 0 Å². The SMILES string of the molecule is CCC(C)c1ccc(CC(C)c2ccc(C(C)CC)c(C(C)CC)c2C(C)CC)c(C(C)CC)c1C(C)CC. The van der Waals surface area contributed by atoms with E-state index in [9.17, 15) is 0 Å². The van der Waals surface area contributed by atoms with Gasteiger partial charge in [-0.3, -0.25) is 0 Å². The van der Waals surface area contributed by atoms with Gasteiger partial charge in [0.25, 0.3) is 0 Å². The fourth-order valence-corrected chi connectivity index (χ4v) is 6.76. The van der Waals surface area contributed by atoms with E-state index in [1.807, 2.05) is 0 Å². The summed E-state index contributed by atoms with van der Waals surface area (Å²) in [6.07, 6.45) is 8.37. The van der Waals surface area contributed by atoms with Crippen LogP contribution in [0.1, 0.15) is 214 Å². The molecule has 39 heavy (non-hydrogen) atoms. The fourth-order valence-electron chi connectivity index (χ4n) is 6.76. The highest BCUT2D eigenvalue weighted by Gasteiger charge is 2.27. The Morgan fingerprint density at radius 2 is 0.641 bits per heavy atom. The summed E-state index contributed by atoms with van der Waals surface area (Å²) in [4.78, 5) is 0. The van der Waals surface area contributed by atoms with Crippen LogP contribution in [0.3, 0.4) is 0 Å². The summed E-state index contributed by atoms with van der Waals surface area (Å²) in [7, 11) is 0. The Balaban J connectivity index is 2.78. The highest BCUT2D eigenvalue weighted by molar-refractivity contribution is 5.50. The summed E-state index contributed by atoms with van der Waals surface area (Å²) >= 11 is 0. The van der Waals surface area contributed by atoms with Crippen LogP contribution in [0.2, 0.25) is 0 Å². The zero-order valence-corrected chi connectivity index (χ0v) is 28.3. The Hall–Kier alpha value is -1.56. The van der Waals surface area contributed by atoms with Gasteiger partial charge in [-0.1, -0.05) is 114 Å². The van der Waals surface area contributed by atoms with Crippen molar-refractivity contribution >= 4 is 0 Å². The molecule has 0 saturated carbocycles. The largest absolute Gasteiger partial charge is 0.0648 e. The van der Waals surface area contributed by atoms with E-state index in [0.29, 0.717) is 41.4 Å². The van der Waals surface area contributed by atoms with Crippen LogP contribution < -0.4 is 0 Å². The van der Waals surface area contributed by atoms with E-state index < -0.39 is 0 Å². The second-order valence-electron chi connectivity index (χ2n) is 13.2. The van der Waals surface area contributed by atoms with E-state index in [0.717, 1.165) is 6.42 Å². The first-order valence-electron chi connectivity index (χ1n) is 16.8. The molecule has 0 saturated heterocycles. The molecule has 0 aromatic heterocycles. The third-order valence-electron chi connectivity index (χ3n) is 10.5. The lowest BCUT2D eigenvalue weighted by Crippen LogP contribution is -2.16. The van der Waals surface area contributed by atoms with Gasteiger partial charge in [0.05, 0.1) is 0 Å². The molecule has 220 valence electrons. The van der Waals surface area contributed by atoms with Crippen LogP contribution in [0.15, 0.2) is 24.3 Å². The Morgan fingerprint density at radius 3 is 1.00 bits per heavy atom. The molecule has 2 aromatic carbocycles. The van der Waals surface area contributed by atoms with Crippen LogP contribution in [-0.4, -0.2) is 0 Å². The third-order valence-corrected chi connectivity index (χ3v) is 10.5. The molecule has 0 radical (unpaired) electrons. The highest BCUT2D eigenvalue weighted by Crippen LogP contribution is 2.44. The third kappa shape index (κ3) is 7.40. The van der Waals surface area contributed by atoms with Crippen molar-refractivity contribution in [3.05, 3.63) is 68.8 Å². The molecule has 0 amide bonds. The molecule has 0 aliphatic carbocycles. The summed E-state index contributed by atoms with van der Waals surface area (Å²) < 4.78 is 0. The Morgan fingerprint density at radius 1 is 0.359 bits per heavy atom. The average molecular weight is 533 g/mol. The van der Waals surface area contributed by atoms with Crippen LogP contribution in [0.5, 0.6) is 0 Å². The summed E-state index contributed by atoms with van der Waals surface area (Å²) in [5.41, 5.74) is 13.1. The summed E-state index contributed by atoms with van der Waals surface area (Å²) in [5.74, 6) is 4.13. The van der Waals surface area contributed by atoms with Crippen molar-refractivity contribution in [2.45, 2.75) is 176 Å². The lowest BCUT2D eigenvalue weighted by molar-refractivity contribution is 0.617. The summed E-state index contributed by atoms with van der Waals surface area (Å²) in [5, 5.41) is 0. The molecule has 0 fully saturated rings. The van der Waals surface area contributed by atoms with Crippen LogP contribution in [0, 0.1) is 0 Å². The predicted octanol–water partition coefficient (Wildman–Crippen LogP) is 13.1. The molecule has 0 spiro atoms. The predicted molar refractivity (Wildman–Crippen MR) is 177 cm³/mol. The standard InChI is InChI=1S/C39H64/c1-14-25(7)33-21-20-32(36(27(9)16-3)37(33)28(10)17-4)24-31(13)35-23-22-34(26(8)15-2)38(29(11)18-5)39(35)30(12)19-6/h20-23,25-31H,14-19,24H2,1-13H3. The van der Waals surface area contributed by atoms with Gasteiger partial charge in [-0.15, -0.1) is 0 Å². The number of benzene rings is 2. The van der Waals surface area contributed by atoms with Gasteiger partial charge in [-0.25, -0.2) is 0 Å². The first-order chi connectivity index (χ1) is 18.5. The quantitative estimate of drug-likeness (QED) is 0.214. The smallest absolute Gasteiger partial charge is 0.0147 e. The molecule has 0 aliphatic rings. The first kappa shape index (κ1) is 33.6. The minimum absolute atomic E-state index is 0.504. The second-order valence-corrected chi connectivity index (χ2v) is 13.2. The number of hydrogen-bond donors (Lipinski definition) is 0. The Kier molecular flexibility index (Phi) is 13.3. The minimum Gasteiger partial charge on any atom is -0.0648 e. The molecular weight excluding hydrogens is 468 g/mol. The van der Waals surface area contributed by atoms with Gasteiger partial charge in [0, 0.05) is 0 Å². The van der Waals surface area contributed by atoms with E-state index >= 15 is 0 Å². The molecule has 0 bridgehead atoms. The number of hydrogen-bond acceptors (Lipinski definition) is 0. The van der Waals surface area contributed by atoms with Gasteiger partial charge in [-0.05, 0) is 131 Å². The molecule has 2 aromatic rings. The maximum atomic E-state index is 2.53. The first-order valence-corrected chi connectivity index (χ1v) is 16.8. The van der Waals surface area contributed by atoms with Crippen molar-refractivity contribution in [1.82, 2.24) is 0 Å². The van der Waals surface area contributed by atoms with Crippen LogP contribution in [0.25, 0.3) is 0 Å². The molecular formula is C39H64. The lowest BCUT2D eigenvalue weighted by Gasteiger charge is -2.32. The number of rotatable bonds is 15. The summed E-state index contributed by atoms with van der Waals surface area (Å²) in [6.45, 7) is 31.4. The molecule has 7 atom stereocenters. The topological polar surface area (TPSA) is 0 Å². The van der Waals surface area contributed by atoms with Gasteiger partial charge in [0.15, 0.2) is 0 Å². The molecule has 0 aliphatic heterocycles. The molecule has 7 unspecified atom stereocenters. The van der Waals surface area contributed by atoms with Crippen LogP contribution in [0.4, 0.5) is 0 Å². The van der Waals surface area contributed by atoms with E-state index in [2.05, 4.69) is 114 Å². The normalized spacial score (nSPS) is 17.4. The minimum atomic E-state index is 0.504. The maximum absolute atomic E-state index is 2.53. The van der Waals surface area contributed by atoms with Crippen molar-refractivity contribution < 1.29 is 0 Å². The summed E-state index contributed by atoms with van der Waals surface area (Å²) in [6, 6.07) is 10.1. The zero-order chi connectivity index (χ0) is 29.4. The van der Waals surface area contributed by atoms with Gasteiger partial charge in [0.2, 0.25) is 0 Å². The van der Waals surface area contributed by atoms with Crippen molar-refractivity contribution in [3.8, 4) is 0 Å². The lowest BCUT2D eigenvalue weighted by atomic mass is 9.73. The monoisotopic (exact) mass is 533 g/mol. The van der Waals surface area contributed by atoms with Crippen molar-refractivity contribution in [3.63, 3.8) is 0 Å². The Labute approximate surface area is 244 Å². The van der Waals surface area contributed by atoms with Crippen LogP contribution >= 0.6 is 0 Å². The van der Waals surface area contributed by atoms with E-state index in [1.165, 1.54) is 38.5 Å². The van der Waals surface area contributed by atoms with Crippen molar-refractivity contribution in [2.24, 2.45) is 0 Å². The van der Waals surface area contributed by atoms with E-state index in [1.54, 1.807) is 44.5 Å². The highest BCUT2D eigenvalue weighted by atomic mass is 14.3. The molecule has 0 heterocycles. The van der Waals surface area contributed by atoms with Gasteiger partial charge >= 0.3 is 0 Å². The second kappa shape index (κ2) is 15.4. The molecule has 0 nitrogen and oxygen atoms in total. The van der Waals surface area contributed by atoms with Gasteiger partial charge in [-0.2, -0.15) is 0 Å². The Bertz CT molecular complexity index is 1030. The average Bonchev–Trinajstić information content (AvgIpc) is 2.97. The zero-order valence-electron chi connectivity index (χ0n) is 28.3. The van der Waals surface area contributed by atoms with Gasteiger partial charge < -0.3 is 0 Å². The van der Waals surface area contributed by atoms with Crippen LogP contribution in [-0.2, 0) is 6.42 Å². The fraction of sp³-hybridized carbons (Fsp3) is 0.692. The van der Waals surface area contributed by atoms with Gasteiger partial charge in [0.1, 0.15) is 0 Å². The molecule has 2 rings (SSSR count). The maximum Gasteiger partial charge on any atom is -0.0147 e. The molecule has 0 N–H and O–H groups in total. The molecule has 0 heteroatoms. The van der Waals surface area contributed by atoms with Crippen molar-refractivity contribution in [1.29, 1.82) is 0 Å².